The minimum Gasteiger partial charge on any atom is -0.0677 e. The van der Waals surface area contributed by atoms with Crippen molar-refractivity contribution in [3.05, 3.63) is 59.7 Å². The summed E-state index contributed by atoms with van der Waals surface area (Å²) >= 11 is 0. The molecule has 0 nitrogen and oxygen atoms in total. The van der Waals surface area contributed by atoms with E-state index in [1.807, 2.05) is 0 Å². The van der Waals surface area contributed by atoms with Crippen molar-refractivity contribution in [3.63, 3.8) is 0 Å². The van der Waals surface area contributed by atoms with Gasteiger partial charge in [0.15, 0.2) is 0 Å². The summed E-state index contributed by atoms with van der Waals surface area (Å²) in [6, 6.07) is 24.0. The first-order chi connectivity index (χ1) is 11.7. The van der Waals surface area contributed by atoms with Crippen LogP contribution in [-0.4, -0.2) is 17.6 Å². The summed E-state index contributed by atoms with van der Waals surface area (Å²) in [4.78, 5) is 0. The minimum absolute atomic E-state index is 0.693. The molecule has 0 saturated carbocycles. The van der Waals surface area contributed by atoms with E-state index in [0.717, 1.165) is 0 Å². The van der Waals surface area contributed by atoms with E-state index in [9.17, 15) is 0 Å². The zero-order valence-corrected chi connectivity index (χ0v) is 18.1. The SMILES string of the molecule is CC[SiH](CC)c1ccc(C=Cc2ccc([SiH](CC)CC)cc2)cc1. The first kappa shape index (κ1) is 18.9. The molecule has 24 heavy (non-hydrogen) atoms. The van der Waals surface area contributed by atoms with E-state index in [4.69, 9.17) is 0 Å². The third kappa shape index (κ3) is 5.05. The topological polar surface area (TPSA) is 0 Å². The summed E-state index contributed by atoms with van der Waals surface area (Å²) < 4.78 is 0. The normalized spacial score (nSPS) is 11.8. The quantitative estimate of drug-likeness (QED) is 0.473. The average Bonchev–Trinajstić information content (AvgIpc) is 2.64. The highest BCUT2D eigenvalue weighted by molar-refractivity contribution is 6.73. The number of hydrogen-bond acceptors (Lipinski definition) is 0. The molecule has 0 fully saturated rings. The van der Waals surface area contributed by atoms with Gasteiger partial charge in [0.2, 0.25) is 0 Å². The molecule has 0 N–H and O–H groups in total. The van der Waals surface area contributed by atoms with E-state index in [-0.39, 0.29) is 0 Å². The predicted molar refractivity (Wildman–Crippen MR) is 117 cm³/mol. The fraction of sp³-hybridized carbons (Fsp3) is 0.364. The Balaban J connectivity index is 2.05. The van der Waals surface area contributed by atoms with Crippen molar-refractivity contribution in [2.75, 3.05) is 0 Å². The van der Waals surface area contributed by atoms with E-state index < -0.39 is 17.6 Å². The highest BCUT2D eigenvalue weighted by Crippen LogP contribution is 2.09. The molecule has 0 aromatic heterocycles. The fourth-order valence-electron chi connectivity index (χ4n) is 3.47. The van der Waals surface area contributed by atoms with E-state index in [2.05, 4.69) is 88.4 Å². The molecular formula is C22H32Si2. The Morgan fingerprint density at radius 3 is 1.08 bits per heavy atom. The second-order valence-corrected chi connectivity index (χ2v) is 14.1. The second kappa shape index (κ2) is 9.80. The van der Waals surface area contributed by atoms with Crippen molar-refractivity contribution in [3.8, 4) is 0 Å². The maximum absolute atomic E-state index is 2.35. The Hall–Kier alpha value is -1.39. The summed E-state index contributed by atoms with van der Waals surface area (Å²) in [5.41, 5.74) is 2.61. The van der Waals surface area contributed by atoms with E-state index >= 15 is 0 Å². The summed E-state index contributed by atoms with van der Waals surface area (Å²) in [6.45, 7) is 9.34. The molecule has 2 rings (SSSR count). The molecule has 2 aromatic carbocycles. The summed E-state index contributed by atoms with van der Waals surface area (Å²) in [6.07, 6.45) is 4.48. The Morgan fingerprint density at radius 2 is 0.833 bits per heavy atom. The van der Waals surface area contributed by atoms with Gasteiger partial charge in [-0.05, 0) is 11.1 Å². The molecule has 128 valence electrons. The minimum atomic E-state index is -0.693. The molecule has 0 bridgehead atoms. The highest BCUT2D eigenvalue weighted by Gasteiger charge is 2.08. The summed E-state index contributed by atoms with van der Waals surface area (Å²) in [5.74, 6) is 0. The summed E-state index contributed by atoms with van der Waals surface area (Å²) in [5, 5.41) is 3.22. The lowest BCUT2D eigenvalue weighted by molar-refractivity contribution is 1.33. The van der Waals surface area contributed by atoms with Crippen molar-refractivity contribution >= 4 is 40.1 Å². The van der Waals surface area contributed by atoms with Crippen LogP contribution in [0.4, 0.5) is 0 Å². The smallest absolute Gasteiger partial charge is 0.0677 e. The predicted octanol–water partition coefficient (Wildman–Crippen LogP) is 4.80. The van der Waals surface area contributed by atoms with Crippen molar-refractivity contribution in [2.45, 2.75) is 51.9 Å². The van der Waals surface area contributed by atoms with Gasteiger partial charge in [0.25, 0.3) is 0 Å². The van der Waals surface area contributed by atoms with Gasteiger partial charge in [-0.15, -0.1) is 0 Å². The molecule has 0 saturated heterocycles. The van der Waals surface area contributed by atoms with Gasteiger partial charge >= 0.3 is 0 Å². The van der Waals surface area contributed by atoms with Crippen molar-refractivity contribution in [2.24, 2.45) is 0 Å². The van der Waals surface area contributed by atoms with Gasteiger partial charge in [-0.1, -0.05) is 123 Å². The second-order valence-electron chi connectivity index (χ2n) is 6.69. The molecule has 0 amide bonds. The lowest BCUT2D eigenvalue weighted by atomic mass is 10.1. The third-order valence-electron chi connectivity index (χ3n) is 5.26. The lowest BCUT2D eigenvalue weighted by Gasteiger charge is -2.11. The Morgan fingerprint density at radius 1 is 0.542 bits per heavy atom. The molecule has 0 heterocycles. The van der Waals surface area contributed by atoms with Gasteiger partial charge in [-0.25, -0.2) is 0 Å². The van der Waals surface area contributed by atoms with Crippen LogP contribution in [-0.2, 0) is 0 Å². The van der Waals surface area contributed by atoms with Gasteiger partial charge in [0.1, 0.15) is 0 Å². The average molecular weight is 353 g/mol. The molecule has 0 spiro atoms. The standard InChI is InChI=1S/C22H32Si2/c1-5-23(6-2)21-15-11-19(12-16-21)9-10-20-13-17-22(18-14-20)24(7-3)8-4/h9-18,23-24H,5-8H2,1-4H3. The van der Waals surface area contributed by atoms with Crippen LogP contribution < -0.4 is 10.4 Å². The number of hydrogen-bond donors (Lipinski definition) is 0. The van der Waals surface area contributed by atoms with Crippen LogP contribution in [0.1, 0.15) is 38.8 Å². The van der Waals surface area contributed by atoms with Crippen molar-refractivity contribution < 1.29 is 0 Å². The number of rotatable bonds is 8. The van der Waals surface area contributed by atoms with Crippen molar-refractivity contribution in [1.82, 2.24) is 0 Å². The fourth-order valence-corrected chi connectivity index (χ4v) is 7.99. The Bertz CT molecular complexity index is 561. The van der Waals surface area contributed by atoms with Gasteiger partial charge < -0.3 is 0 Å². The van der Waals surface area contributed by atoms with Crippen LogP contribution in [0, 0.1) is 0 Å². The first-order valence-electron chi connectivity index (χ1n) is 9.59. The van der Waals surface area contributed by atoms with E-state index in [0.29, 0.717) is 0 Å². The zero-order chi connectivity index (χ0) is 17.4. The Kier molecular flexibility index (Phi) is 7.74. The summed E-state index contributed by atoms with van der Waals surface area (Å²) in [7, 11) is -1.39. The van der Waals surface area contributed by atoms with Crippen LogP contribution in [0.25, 0.3) is 12.2 Å². The van der Waals surface area contributed by atoms with Crippen LogP contribution in [0.5, 0.6) is 0 Å². The van der Waals surface area contributed by atoms with E-state index in [1.165, 1.54) is 35.3 Å². The maximum Gasteiger partial charge on any atom is 0.0702 e. The molecule has 0 atom stereocenters. The zero-order valence-electron chi connectivity index (χ0n) is 15.8. The molecule has 0 aliphatic heterocycles. The first-order valence-corrected chi connectivity index (χ1v) is 14.0. The van der Waals surface area contributed by atoms with Crippen LogP contribution in [0.15, 0.2) is 48.5 Å². The van der Waals surface area contributed by atoms with Gasteiger partial charge in [0.05, 0.1) is 17.6 Å². The largest absolute Gasteiger partial charge is 0.0702 e. The molecule has 0 unspecified atom stereocenters. The molecule has 0 radical (unpaired) electrons. The molecule has 2 heteroatoms. The van der Waals surface area contributed by atoms with Crippen LogP contribution in [0.2, 0.25) is 24.2 Å². The van der Waals surface area contributed by atoms with Crippen molar-refractivity contribution in [1.29, 1.82) is 0 Å². The molecular weight excluding hydrogens is 320 g/mol. The molecule has 2 aromatic rings. The van der Waals surface area contributed by atoms with Gasteiger partial charge in [-0.2, -0.15) is 0 Å². The lowest BCUT2D eigenvalue weighted by Crippen LogP contribution is -2.27. The Labute approximate surface area is 151 Å². The van der Waals surface area contributed by atoms with Gasteiger partial charge in [0, 0.05) is 0 Å². The van der Waals surface area contributed by atoms with Crippen LogP contribution in [0.3, 0.4) is 0 Å². The van der Waals surface area contributed by atoms with Gasteiger partial charge in [-0.3, -0.25) is 0 Å². The van der Waals surface area contributed by atoms with Crippen LogP contribution >= 0.6 is 0 Å². The third-order valence-corrected chi connectivity index (χ3v) is 11.9. The number of benzene rings is 2. The maximum atomic E-state index is 2.35. The van der Waals surface area contributed by atoms with E-state index in [1.54, 1.807) is 10.4 Å². The highest BCUT2D eigenvalue weighted by atomic mass is 28.3. The molecule has 0 aliphatic carbocycles. The monoisotopic (exact) mass is 352 g/mol. The molecule has 0 aliphatic rings.